The molecule has 100 valence electrons. The van der Waals surface area contributed by atoms with Crippen LogP contribution in [0, 0.1) is 11.8 Å². The van der Waals surface area contributed by atoms with Crippen LogP contribution in [0.2, 0.25) is 0 Å². The van der Waals surface area contributed by atoms with E-state index >= 15 is 0 Å². The largest absolute Gasteiger partial charge is 0.369 e. The average Bonchev–Trinajstić information content (AvgIpc) is 2.75. The van der Waals surface area contributed by atoms with E-state index in [-0.39, 0.29) is 42.0 Å². The van der Waals surface area contributed by atoms with Gasteiger partial charge in [0.25, 0.3) is 0 Å². The summed E-state index contributed by atoms with van der Waals surface area (Å²) < 4.78 is 0. The van der Waals surface area contributed by atoms with Gasteiger partial charge in [0.1, 0.15) is 0 Å². The van der Waals surface area contributed by atoms with Crippen LogP contribution in [0.25, 0.3) is 0 Å². The van der Waals surface area contributed by atoms with E-state index in [2.05, 4.69) is 5.32 Å². The van der Waals surface area contributed by atoms with Gasteiger partial charge >= 0.3 is 0 Å². The molecular weight excluding hydrogens is 234 g/mol. The predicted molar refractivity (Wildman–Crippen MR) is 64.2 cm³/mol. The number of rotatable bonds is 2. The standard InChI is InChI=1S/C12H19N3O3/c1-7-2-3-8(11(13)17)6-15(7)12(18)9-4-10(16)14-5-9/h7-9H,2-6H2,1H3,(H2,13,17)(H,14,16). The molecule has 0 aliphatic carbocycles. The summed E-state index contributed by atoms with van der Waals surface area (Å²) in [6, 6.07) is 0.115. The molecule has 0 radical (unpaired) electrons. The van der Waals surface area contributed by atoms with Gasteiger partial charge in [-0.05, 0) is 19.8 Å². The highest BCUT2D eigenvalue weighted by Gasteiger charge is 2.37. The van der Waals surface area contributed by atoms with Gasteiger partial charge in [-0.3, -0.25) is 14.4 Å². The van der Waals surface area contributed by atoms with Gasteiger partial charge in [-0.25, -0.2) is 0 Å². The van der Waals surface area contributed by atoms with Crippen LogP contribution in [0.5, 0.6) is 0 Å². The second-order valence-electron chi connectivity index (χ2n) is 5.22. The van der Waals surface area contributed by atoms with Crippen molar-refractivity contribution in [2.75, 3.05) is 13.1 Å². The van der Waals surface area contributed by atoms with Crippen molar-refractivity contribution in [2.45, 2.75) is 32.2 Å². The minimum absolute atomic E-state index is 0.0354. The van der Waals surface area contributed by atoms with Crippen LogP contribution >= 0.6 is 0 Å². The van der Waals surface area contributed by atoms with E-state index in [0.717, 1.165) is 12.8 Å². The Morgan fingerprint density at radius 1 is 1.33 bits per heavy atom. The maximum atomic E-state index is 12.3. The zero-order valence-electron chi connectivity index (χ0n) is 10.5. The molecule has 3 amide bonds. The Balaban J connectivity index is 2.03. The van der Waals surface area contributed by atoms with Crippen LogP contribution < -0.4 is 11.1 Å². The molecule has 2 aliphatic heterocycles. The number of carbonyl (C=O) groups excluding carboxylic acids is 3. The first-order chi connectivity index (χ1) is 8.49. The monoisotopic (exact) mass is 253 g/mol. The Labute approximate surface area is 106 Å². The van der Waals surface area contributed by atoms with Crippen LogP contribution in [0.3, 0.4) is 0 Å². The molecule has 18 heavy (non-hydrogen) atoms. The lowest BCUT2D eigenvalue weighted by Gasteiger charge is -2.38. The number of nitrogens with one attached hydrogen (secondary N) is 1. The van der Waals surface area contributed by atoms with Crippen molar-refractivity contribution in [1.82, 2.24) is 10.2 Å². The minimum atomic E-state index is -0.347. The number of hydrogen-bond donors (Lipinski definition) is 2. The third-order valence-electron chi connectivity index (χ3n) is 3.89. The van der Waals surface area contributed by atoms with Gasteiger partial charge in [0.05, 0.1) is 11.8 Å². The Hall–Kier alpha value is -1.59. The van der Waals surface area contributed by atoms with Gasteiger partial charge in [-0.1, -0.05) is 0 Å². The highest BCUT2D eigenvalue weighted by Crippen LogP contribution is 2.25. The third kappa shape index (κ3) is 2.47. The average molecular weight is 253 g/mol. The van der Waals surface area contributed by atoms with E-state index in [9.17, 15) is 14.4 Å². The fraction of sp³-hybridized carbons (Fsp3) is 0.750. The molecule has 2 fully saturated rings. The van der Waals surface area contributed by atoms with Gasteiger partial charge in [-0.15, -0.1) is 0 Å². The number of hydrogen-bond acceptors (Lipinski definition) is 3. The van der Waals surface area contributed by atoms with Gasteiger partial charge < -0.3 is 16.0 Å². The maximum absolute atomic E-state index is 12.3. The molecule has 3 unspecified atom stereocenters. The summed E-state index contributed by atoms with van der Waals surface area (Å²) in [5.74, 6) is -1.00. The summed E-state index contributed by atoms with van der Waals surface area (Å²) in [4.78, 5) is 36.4. The first-order valence-corrected chi connectivity index (χ1v) is 6.35. The SMILES string of the molecule is CC1CCC(C(N)=O)CN1C(=O)C1CNC(=O)C1. The molecule has 2 aliphatic rings. The summed E-state index contributed by atoms with van der Waals surface area (Å²) in [6.45, 7) is 2.77. The Morgan fingerprint density at radius 3 is 2.61 bits per heavy atom. The van der Waals surface area contributed by atoms with Crippen molar-refractivity contribution >= 4 is 17.7 Å². The molecular formula is C12H19N3O3. The number of nitrogens with zero attached hydrogens (tertiary/aromatic N) is 1. The Bertz CT molecular complexity index is 383. The number of carbonyl (C=O) groups is 3. The normalized spacial score (nSPS) is 32.2. The van der Waals surface area contributed by atoms with E-state index in [1.54, 1.807) is 4.90 Å². The minimum Gasteiger partial charge on any atom is -0.369 e. The van der Waals surface area contributed by atoms with Gasteiger partial charge in [0.15, 0.2) is 0 Å². The molecule has 6 nitrogen and oxygen atoms in total. The van der Waals surface area contributed by atoms with Gasteiger partial charge in [-0.2, -0.15) is 0 Å². The smallest absolute Gasteiger partial charge is 0.228 e. The molecule has 2 heterocycles. The quantitative estimate of drug-likeness (QED) is 0.677. The Kier molecular flexibility index (Phi) is 3.54. The molecule has 0 spiro atoms. The molecule has 3 atom stereocenters. The molecule has 2 saturated heterocycles. The second kappa shape index (κ2) is 4.96. The first-order valence-electron chi connectivity index (χ1n) is 6.35. The number of likely N-dealkylation sites (tertiary alicyclic amines) is 1. The van der Waals surface area contributed by atoms with E-state index in [1.165, 1.54) is 0 Å². The van der Waals surface area contributed by atoms with Crippen molar-refractivity contribution in [1.29, 1.82) is 0 Å². The number of piperidine rings is 1. The molecule has 0 aromatic rings. The fourth-order valence-electron chi connectivity index (χ4n) is 2.66. The van der Waals surface area contributed by atoms with Crippen molar-refractivity contribution < 1.29 is 14.4 Å². The van der Waals surface area contributed by atoms with Crippen molar-refractivity contribution in [3.63, 3.8) is 0 Å². The van der Waals surface area contributed by atoms with Crippen molar-refractivity contribution in [3.8, 4) is 0 Å². The van der Waals surface area contributed by atoms with Crippen molar-refractivity contribution in [3.05, 3.63) is 0 Å². The maximum Gasteiger partial charge on any atom is 0.228 e. The molecule has 2 rings (SSSR count). The van der Waals surface area contributed by atoms with Crippen LogP contribution in [0.4, 0.5) is 0 Å². The summed E-state index contributed by atoms with van der Waals surface area (Å²) in [5, 5.41) is 2.66. The van der Waals surface area contributed by atoms with Crippen LogP contribution in [0.1, 0.15) is 26.2 Å². The molecule has 0 aromatic heterocycles. The van der Waals surface area contributed by atoms with Crippen LogP contribution in [-0.2, 0) is 14.4 Å². The first kappa shape index (κ1) is 12.9. The van der Waals surface area contributed by atoms with Gasteiger partial charge in [0, 0.05) is 25.6 Å². The Morgan fingerprint density at radius 2 is 2.06 bits per heavy atom. The van der Waals surface area contributed by atoms with E-state index < -0.39 is 0 Å². The lowest BCUT2D eigenvalue weighted by atomic mass is 9.91. The summed E-state index contributed by atoms with van der Waals surface area (Å²) >= 11 is 0. The van der Waals surface area contributed by atoms with Gasteiger partial charge in [0.2, 0.25) is 17.7 Å². The molecule has 6 heteroatoms. The predicted octanol–water partition coefficient (Wildman–Crippen LogP) is -0.765. The van der Waals surface area contributed by atoms with Crippen LogP contribution in [-0.4, -0.2) is 41.8 Å². The van der Waals surface area contributed by atoms with E-state index in [1.807, 2.05) is 6.92 Å². The lowest BCUT2D eigenvalue weighted by molar-refractivity contribution is -0.141. The topological polar surface area (TPSA) is 92.5 Å². The summed E-state index contributed by atoms with van der Waals surface area (Å²) in [6.07, 6.45) is 1.78. The number of amides is 3. The molecule has 0 saturated carbocycles. The second-order valence-corrected chi connectivity index (χ2v) is 5.22. The number of primary amides is 1. The molecule has 3 N–H and O–H groups in total. The third-order valence-corrected chi connectivity index (χ3v) is 3.89. The van der Waals surface area contributed by atoms with Crippen LogP contribution in [0.15, 0.2) is 0 Å². The highest BCUT2D eigenvalue weighted by atomic mass is 16.2. The zero-order valence-corrected chi connectivity index (χ0v) is 10.5. The van der Waals surface area contributed by atoms with E-state index in [4.69, 9.17) is 5.73 Å². The summed E-state index contributed by atoms with van der Waals surface area (Å²) in [5.41, 5.74) is 5.31. The molecule has 0 aromatic carbocycles. The fourth-order valence-corrected chi connectivity index (χ4v) is 2.66. The van der Waals surface area contributed by atoms with E-state index in [0.29, 0.717) is 13.1 Å². The highest BCUT2D eigenvalue weighted by molar-refractivity contribution is 5.89. The van der Waals surface area contributed by atoms with Crippen molar-refractivity contribution in [2.24, 2.45) is 17.6 Å². The number of nitrogens with two attached hydrogens (primary N) is 1. The lowest BCUT2D eigenvalue weighted by Crippen LogP contribution is -2.50. The zero-order chi connectivity index (χ0) is 13.3. The summed E-state index contributed by atoms with van der Waals surface area (Å²) in [7, 11) is 0. The molecule has 0 bridgehead atoms.